The average Bonchev–Trinajstić information content (AvgIpc) is 2.48. The lowest BCUT2D eigenvalue weighted by atomic mass is 10.1. The van der Waals surface area contributed by atoms with Crippen molar-refractivity contribution in [2.24, 2.45) is 0 Å². The molecule has 132 valence electrons. The Balaban J connectivity index is 2.21. The maximum atomic E-state index is 12.8. The van der Waals surface area contributed by atoms with Gasteiger partial charge >= 0.3 is 6.03 Å². The van der Waals surface area contributed by atoms with E-state index in [0.29, 0.717) is 18.8 Å². The Morgan fingerprint density at radius 2 is 1.96 bits per heavy atom. The Hall–Kier alpha value is -2.24. The number of benzene rings is 1. The van der Waals surface area contributed by atoms with E-state index in [2.05, 4.69) is 5.32 Å². The standard InChI is InChI=1S/C18H27N3O3/c1-12-7-8-15(24-6)14(11-12)21-10-9-20(13(2)16(21)22)17(23)19-18(3,4)5/h7-8,11,13H,9-10H2,1-6H3,(H,19,23)/t13-/m1/s1. The van der Waals surface area contributed by atoms with Gasteiger partial charge in [-0.1, -0.05) is 6.07 Å². The number of methoxy groups -OCH3 is 1. The van der Waals surface area contributed by atoms with E-state index in [0.717, 1.165) is 11.3 Å². The normalized spacial score (nSPS) is 18.6. The molecule has 0 aliphatic carbocycles. The summed E-state index contributed by atoms with van der Waals surface area (Å²) in [7, 11) is 1.59. The van der Waals surface area contributed by atoms with Crippen LogP contribution in [0.5, 0.6) is 5.75 Å². The molecule has 0 aromatic heterocycles. The molecule has 1 aliphatic heterocycles. The number of anilines is 1. The van der Waals surface area contributed by atoms with Crippen LogP contribution in [0.25, 0.3) is 0 Å². The number of ether oxygens (including phenoxy) is 1. The highest BCUT2D eigenvalue weighted by Crippen LogP contribution is 2.31. The summed E-state index contributed by atoms with van der Waals surface area (Å²) in [6.07, 6.45) is 0. The number of carbonyl (C=O) groups is 2. The Bertz CT molecular complexity index is 637. The number of piperazine rings is 1. The smallest absolute Gasteiger partial charge is 0.318 e. The van der Waals surface area contributed by atoms with E-state index in [-0.39, 0.29) is 17.5 Å². The van der Waals surface area contributed by atoms with Crippen molar-refractivity contribution in [1.82, 2.24) is 10.2 Å². The molecule has 0 unspecified atom stereocenters. The summed E-state index contributed by atoms with van der Waals surface area (Å²) < 4.78 is 5.39. The quantitative estimate of drug-likeness (QED) is 0.905. The second kappa shape index (κ2) is 6.71. The van der Waals surface area contributed by atoms with E-state index in [9.17, 15) is 9.59 Å². The third-order valence-corrected chi connectivity index (χ3v) is 4.02. The van der Waals surface area contributed by atoms with Crippen LogP contribution in [0.4, 0.5) is 10.5 Å². The zero-order valence-corrected chi connectivity index (χ0v) is 15.3. The Morgan fingerprint density at radius 3 is 2.54 bits per heavy atom. The van der Waals surface area contributed by atoms with Crippen LogP contribution in [0.2, 0.25) is 0 Å². The topological polar surface area (TPSA) is 61.9 Å². The molecule has 24 heavy (non-hydrogen) atoms. The number of nitrogens with one attached hydrogen (secondary N) is 1. The highest BCUT2D eigenvalue weighted by Gasteiger charge is 2.36. The second-order valence-electron chi connectivity index (χ2n) is 7.21. The lowest BCUT2D eigenvalue weighted by Gasteiger charge is -2.40. The second-order valence-corrected chi connectivity index (χ2v) is 7.21. The Labute approximate surface area is 143 Å². The summed E-state index contributed by atoms with van der Waals surface area (Å²) in [4.78, 5) is 28.5. The van der Waals surface area contributed by atoms with Gasteiger partial charge in [-0.2, -0.15) is 0 Å². The first kappa shape index (κ1) is 18.1. The van der Waals surface area contributed by atoms with Gasteiger partial charge in [0.25, 0.3) is 0 Å². The molecule has 1 fully saturated rings. The predicted octanol–water partition coefficient (Wildman–Crippen LogP) is 2.55. The van der Waals surface area contributed by atoms with Crippen molar-refractivity contribution in [2.45, 2.75) is 46.2 Å². The van der Waals surface area contributed by atoms with Crippen molar-refractivity contribution >= 4 is 17.6 Å². The van der Waals surface area contributed by atoms with Gasteiger partial charge in [-0.25, -0.2) is 4.79 Å². The van der Waals surface area contributed by atoms with Gasteiger partial charge in [0.15, 0.2) is 0 Å². The van der Waals surface area contributed by atoms with Crippen molar-refractivity contribution in [2.75, 3.05) is 25.1 Å². The minimum Gasteiger partial charge on any atom is -0.495 e. The number of urea groups is 1. The molecule has 0 radical (unpaired) electrons. The number of amides is 3. The molecular formula is C18H27N3O3. The van der Waals surface area contributed by atoms with Gasteiger partial charge in [-0.05, 0) is 52.3 Å². The van der Waals surface area contributed by atoms with Gasteiger partial charge in [0.1, 0.15) is 11.8 Å². The van der Waals surface area contributed by atoms with Gasteiger partial charge in [0, 0.05) is 18.6 Å². The van der Waals surface area contributed by atoms with Gasteiger partial charge in [-0.15, -0.1) is 0 Å². The average molecular weight is 333 g/mol. The van der Waals surface area contributed by atoms with E-state index in [1.807, 2.05) is 45.9 Å². The predicted molar refractivity (Wildman–Crippen MR) is 94.5 cm³/mol. The summed E-state index contributed by atoms with van der Waals surface area (Å²) in [6, 6.07) is 5.02. The van der Waals surface area contributed by atoms with Gasteiger partial charge in [0.05, 0.1) is 12.8 Å². The SMILES string of the molecule is COc1ccc(C)cc1N1CCN(C(=O)NC(C)(C)C)[C@H](C)C1=O. The minimum atomic E-state index is -0.522. The molecule has 2 rings (SSSR count). The van der Waals surface area contributed by atoms with Crippen molar-refractivity contribution < 1.29 is 14.3 Å². The lowest BCUT2D eigenvalue weighted by molar-refractivity contribution is -0.124. The fourth-order valence-electron chi connectivity index (χ4n) is 2.79. The first-order valence-corrected chi connectivity index (χ1v) is 8.19. The van der Waals surface area contributed by atoms with E-state index < -0.39 is 6.04 Å². The molecule has 1 heterocycles. The van der Waals surface area contributed by atoms with Crippen molar-refractivity contribution in [3.63, 3.8) is 0 Å². The van der Waals surface area contributed by atoms with E-state index in [4.69, 9.17) is 4.74 Å². The third kappa shape index (κ3) is 3.80. The maximum Gasteiger partial charge on any atom is 0.318 e. The highest BCUT2D eigenvalue weighted by molar-refractivity contribution is 6.01. The lowest BCUT2D eigenvalue weighted by Crippen LogP contribution is -2.61. The molecule has 1 aliphatic rings. The summed E-state index contributed by atoms with van der Waals surface area (Å²) in [5, 5.41) is 2.92. The summed E-state index contributed by atoms with van der Waals surface area (Å²) in [6.45, 7) is 10.4. The molecule has 1 aromatic rings. The first-order chi connectivity index (χ1) is 11.1. The summed E-state index contributed by atoms with van der Waals surface area (Å²) in [5.74, 6) is 0.558. The van der Waals surface area contributed by atoms with Gasteiger partial charge in [0.2, 0.25) is 5.91 Å². The Kier molecular flexibility index (Phi) is 5.06. The van der Waals surface area contributed by atoms with Crippen LogP contribution in [0.3, 0.4) is 0 Å². The molecular weight excluding hydrogens is 306 g/mol. The van der Waals surface area contributed by atoms with Crippen molar-refractivity contribution in [1.29, 1.82) is 0 Å². The maximum absolute atomic E-state index is 12.8. The van der Waals surface area contributed by atoms with Crippen LogP contribution in [0, 0.1) is 6.92 Å². The number of carbonyl (C=O) groups excluding carboxylic acids is 2. The van der Waals surface area contributed by atoms with E-state index >= 15 is 0 Å². The number of aryl methyl sites for hydroxylation is 1. The van der Waals surface area contributed by atoms with Crippen LogP contribution in [-0.2, 0) is 4.79 Å². The van der Waals surface area contributed by atoms with Crippen LogP contribution in [0.15, 0.2) is 18.2 Å². The highest BCUT2D eigenvalue weighted by atomic mass is 16.5. The zero-order valence-electron chi connectivity index (χ0n) is 15.3. The Morgan fingerprint density at radius 1 is 1.29 bits per heavy atom. The molecule has 1 saturated heterocycles. The van der Waals surface area contributed by atoms with Crippen LogP contribution >= 0.6 is 0 Å². The van der Waals surface area contributed by atoms with E-state index in [1.54, 1.807) is 23.8 Å². The van der Waals surface area contributed by atoms with E-state index in [1.165, 1.54) is 0 Å². The molecule has 6 heteroatoms. The van der Waals surface area contributed by atoms with Crippen LogP contribution in [0.1, 0.15) is 33.3 Å². The zero-order chi connectivity index (χ0) is 18.1. The third-order valence-electron chi connectivity index (χ3n) is 4.02. The fraction of sp³-hybridized carbons (Fsp3) is 0.556. The number of nitrogens with zero attached hydrogens (tertiary/aromatic N) is 2. The van der Waals surface area contributed by atoms with Crippen molar-refractivity contribution in [3.8, 4) is 5.75 Å². The molecule has 1 atom stereocenters. The number of hydrogen-bond donors (Lipinski definition) is 1. The molecule has 6 nitrogen and oxygen atoms in total. The largest absolute Gasteiger partial charge is 0.495 e. The minimum absolute atomic E-state index is 0.103. The fourth-order valence-corrected chi connectivity index (χ4v) is 2.79. The molecule has 3 amide bonds. The molecule has 1 N–H and O–H groups in total. The van der Waals surface area contributed by atoms with Gasteiger partial charge in [-0.3, -0.25) is 4.79 Å². The van der Waals surface area contributed by atoms with Crippen LogP contribution < -0.4 is 15.0 Å². The summed E-state index contributed by atoms with van der Waals surface area (Å²) in [5.41, 5.74) is 1.47. The summed E-state index contributed by atoms with van der Waals surface area (Å²) >= 11 is 0. The molecule has 0 saturated carbocycles. The van der Waals surface area contributed by atoms with Crippen LogP contribution in [-0.4, -0.2) is 48.6 Å². The molecule has 0 spiro atoms. The van der Waals surface area contributed by atoms with Gasteiger partial charge < -0.3 is 19.9 Å². The number of rotatable bonds is 2. The first-order valence-electron chi connectivity index (χ1n) is 8.19. The molecule has 1 aromatic carbocycles. The molecule has 0 bridgehead atoms. The monoisotopic (exact) mass is 333 g/mol. The number of hydrogen-bond acceptors (Lipinski definition) is 3. The van der Waals surface area contributed by atoms with Crippen molar-refractivity contribution in [3.05, 3.63) is 23.8 Å².